The Labute approximate surface area is 89.5 Å². The van der Waals surface area contributed by atoms with Crippen LogP contribution < -0.4 is 0 Å². The highest BCUT2D eigenvalue weighted by Gasteiger charge is 2.21. The standard InChI is InChI=1S/C10H16ClN3/c1-2-14-5-3-8(4-6-14)10-12-7-9(11)13-10/h7-8H,2-6H2,1H3,(H,12,13). The largest absolute Gasteiger partial charge is 0.333 e. The van der Waals surface area contributed by atoms with E-state index >= 15 is 0 Å². The summed E-state index contributed by atoms with van der Waals surface area (Å²) in [6.07, 6.45) is 4.08. The first-order valence-electron chi connectivity index (χ1n) is 5.22. The minimum absolute atomic E-state index is 0.574. The van der Waals surface area contributed by atoms with Crippen molar-refractivity contribution in [3.05, 3.63) is 17.2 Å². The third-order valence-corrected chi connectivity index (χ3v) is 3.18. The molecule has 1 N–H and O–H groups in total. The molecule has 1 aliphatic rings. The number of halogens is 1. The molecule has 2 rings (SSSR count). The van der Waals surface area contributed by atoms with Crippen molar-refractivity contribution in [3.8, 4) is 0 Å². The first kappa shape index (κ1) is 9.99. The number of aromatic amines is 1. The average Bonchev–Trinajstić information content (AvgIpc) is 2.65. The number of H-pyrrole nitrogens is 1. The van der Waals surface area contributed by atoms with E-state index < -0.39 is 0 Å². The van der Waals surface area contributed by atoms with Crippen LogP contribution in [0.25, 0.3) is 0 Å². The number of likely N-dealkylation sites (tertiary alicyclic amines) is 1. The van der Waals surface area contributed by atoms with Crippen LogP contribution in [0.1, 0.15) is 31.5 Å². The van der Waals surface area contributed by atoms with E-state index in [1.54, 1.807) is 6.20 Å². The minimum Gasteiger partial charge on any atom is -0.333 e. The van der Waals surface area contributed by atoms with Gasteiger partial charge in [-0.25, -0.2) is 4.98 Å². The lowest BCUT2D eigenvalue weighted by Crippen LogP contribution is -2.32. The monoisotopic (exact) mass is 213 g/mol. The van der Waals surface area contributed by atoms with Crippen molar-refractivity contribution in [2.75, 3.05) is 19.6 Å². The Balaban J connectivity index is 1.95. The summed E-state index contributed by atoms with van der Waals surface area (Å²) in [5.74, 6) is 1.64. The van der Waals surface area contributed by atoms with Crippen LogP contribution in [0, 0.1) is 0 Å². The zero-order valence-corrected chi connectivity index (χ0v) is 9.22. The lowest BCUT2D eigenvalue weighted by Gasteiger charge is -2.29. The number of hydrogen-bond donors (Lipinski definition) is 1. The molecule has 1 aromatic rings. The first-order valence-corrected chi connectivity index (χ1v) is 5.60. The summed E-state index contributed by atoms with van der Waals surface area (Å²) >= 11 is 5.81. The summed E-state index contributed by atoms with van der Waals surface area (Å²) in [6, 6.07) is 0. The first-order chi connectivity index (χ1) is 6.79. The summed E-state index contributed by atoms with van der Waals surface area (Å²) in [5.41, 5.74) is 0. The van der Waals surface area contributed by atoms with Gasteiger partial charge in [-0.3, -0.25) is 0 Å². The van der Waals surface area contributed by atoms with Crippen molar-refractivity contribution in [1.82, 2.24) is 14.9 Å². The van der Waals surface area contributed by atoms with Crippen LogP contribution in [-0.4, -0.2) is 34.5 Å². The molecule has 4 heteroatoms. The predicted molar refractivity (Wildman–Crippen MR) is 57.7 cm³/mol. The Morgan fingerprint density at radius 2 is 2.29 bits per heavy atom. The third-order valence-electron chi connectivity index (χ3n) is 2.99. The number of nitrogens with one attached hydrogen (secondary N) is 1. The number of aromatic nitrogens is 2. The van der Waals surface area contributed by atoms with Gasteiger partial charge in [0, 0.05) is 5.92 Å². The maximum absolute atomic E-state index is 5.81. The van der Waals surface area contributed by atoms with Crippen molar-refractivity contribution in [1.29, 1.82) is 0 Å². The summed E-state index contributed by atoms with van der Waals surface area (Å²) < 4.78 is 0. The minimum atomic E-state index is 0.574. The van der Waals surface area contributed by atoms with Crippen LogP contribution in [0.2, 0.25) is 5.15 Å². The highest BCUT2D eigenvalue weighted by atomic mass is 35.5. The summed E-state index contributed by atoms with van der Waals surface area (Å²) in [4.78, 5) is 9.87. The van der Waals surface area contributed by atoms with Gasteiger partial charge in [0.05, 0.1) is 6.20 Å². The van der Waals surface area contributed by atoms with Crippen molar-refractivity contribution in [2.24, 2.45) is 0 Å². The number of nitrogens with zero attached hydrogens (tertiary/aromatic N) is 2. The quantitative estimate of drug-likeness (QED) is 0.818. The Hall–Kier alpha value is -0.540. The molecule has 1 aliphatic heterocycles. The van der Waals surface area contributed by atoms with E-state index in [9.17, 15) is 0 Å². The van der Waals surface area contributed by atoms with Crippen molar-refractivity contribution >= 4 is 11.6 Å². The predicted octanol–water partition coefficient (Wildman–Crippen LogP) is 2.26. The van der Waals surface area contributed by atoms with Gasteiger partial charge in [-0.2, -0.15) is 0 Å². The SMILES string of the molecule is CCN1CCC(c2ncc(Cl)[nH]2)CC1. The molecule has 1 saturated heterocycles. The molecule has 0 saturated carbocycles. The van der Waals surface area contributed by atoms with Gasteiger partial charge in [0.2, 0.25) is 0 Å². The highest BCUT2D eigenvalue weighted by Crippen LogP contribution is 2.26. The molecule has 0 unspecified atom stereocenters. The maximum atomic E-state index is 5.81. The maximum Gasteiger partial charge on any atom is 0.126 e. The van der Waals surface area contributed by atoms with Crippen molar-refractivity contribution < 1.29 is 0 Å². The summed E-state index contributed by atoms with van der Waals surface area (Å²) in [5, 5.41) is 0.651. The molecular formula is C10H16ClN3. The van der Waals surface area contributed by atoms with Gasteiger partial charge in [-0.05, 0) is 32.5 Å². The molecule has 78 valence electrons. The Bertz CT molecular complexity index is 289. The molecule has 3 nitrogen and oxygen atoms in total. The van der Waals surface area contributed by atoms with Crippen LogP contribution in [0.15, 0.2) is 6.20 Å². The van der Waals surface area contributed by atoms with Crippen LogP contribution in [-0.2, 0) is 0 Å². The van der Waals surface area contributed by atoms with Crippen LogP contribution in [0.4, 0.5) is 0 Å². The zero-order chi connectivity index (χ0) is 9.97. The third kappa shape index (κ3) is 2.10. The topological polar surface area (TPSA) is 31.9 Å². The van der Waals surface area contributed by atoms with E-state index in [1.165, 1.54) is 25.9 Å². The lowest BCUT2D eigenvalue weighted by atomic mass is 9.96. The molecule has 0 bridgehead atoms. The molecule has 1 fully saturated rings. The number of rotatable bonds is 2. The van der Waals surface area contributed by atoms with Gasteiger partial charge < -0.3 is 9.88 Å². The second kappa shape index (κ2) is 4.32. The molecule has 2 heterocycles. The summed E-state index contributed by atoms with van der Waals surface area (Å²) in [6.45, 7) is 5.73. The van der Waals surface area contributed by atoms with Gasteiger partial charge in [-0.15, -0.1) is 0 Å². The normalized spacial score (nSPS) is 20.1. The Morgan fingerprint density at radius 1 is 1.57 bits per heavy atom. The van der Waals surface area contributed by atoms with Crippen LogP contribution in [0.5, 0.6) is 0 Å². The number of piperidine rings is 1. The second-order valence-corrected chi connectivity index (χ2v) is 4.23. The van der Waals surface area contributed by atoms with Gasteiger partial charge in [0.1, 0.15) is 11.0 Å². The molecule has 1 aromatic heterocycles. The summed E-state index contributed by atoms with van der Waals surface area (Å²) in [7, 11) is 0. The fourth-order valence-electron chi connectivity index (χ4n) is 2.04. The van der Waals surface area contributed by atoms with Crippen molar-refractivity contribution in [3.63, 3.8) is 0 Å². The molecule has 0 aromatic carbocycles. The molecule has 0 atom stereocenters. The molecule has 0 amide bonds. The smallest absolute Gasteiger partial charge is 0.126 e. The van der Waals surface area contributed by atoms with Gasteiger partial charge in [0.15, 0.2) is 0 Å². The van der Waals surface area contributed by atoms with Crippen molar-refractivity contribution in [2.45, 2.75) is 25.7 Å². The average molecular weight is 214 g/mol. The van der Waals surface area contributed by atoms with E-state index in [0.29, 0.717) is 11.1 Å². The molecule has 0 aliphatic carbocycles. The van der Waals surface area contributed by atoms with E-state index in [2.05, 4.69) is 21.8 Å². The molecule has 14 heavy (non-hydrogen) atoms. The fraction of sp³-hybridized carbons (Fsp3) is 0.700. The molecule has 0 spiro atoms. The highest BCUT2D eigenvalue weighted by molar-refractivity contribution is 6.29. The van der Waals surface area contributed by atoms with E-state index in [1.807, 2.05) is 0 Å². The van der Waals surface area contributed by atoms with Gasteiger partial charge in [-0.1, -0.05) is 18.5 Å². The van der Waals surface area contributed by atoms with Crippen LogP contribution in [0.3, 0.4) is 0 Å². The second-order valence-electron chi connectivity index (χ2n) is 3.82. The molecular weight excluding hydrogens is 198 g/mol. The van der Waals surface area contributed by atoms with E-state index in [-0.39, 0.29) is 0 Å². The Morgan fingerprint density at radius 3 is 2.79 bits per heavy atom. The Kier molecular flexibility index (Phi) is 3.08. The van der Waals surface area contributed by atoms with Gasteiger partial charge in [0.25, 0.3) is 0 Å². The zero-order valence-electron chi connectivity index (χ0n) is 8.46. The van der Waals surface area contributed by atoms with E-state index in [0.717, 1.165) is 12.4 Å². The lowest BCUT2D eigenvalue weighted by molar-refractivity contribution is 0.219. The number of imidazole rings is 1. The number of hydrogen-bond acceptors (Lipinski definition) is 2. The van der Waals surface area contributed by atoms with E-state index in [4.69, 9.17) is 11.6 Å². The fourth-order valence-corrected chi connectivity index (χ4v) is 2.19. The van der Waals surface area contributed by atoms with Crippen LogP contribution >= 0.6 is 11.6 Å². The molecule has 0 radical (unpaired) electrons. The van der Waals surface area contributed by atoms with Gasteiger partial charge >= 0.3 is 0 Å².